The Labute approximate surface area is 121 Å². The number of anilines is 1. The number of fused-ring (bicyclic) bond motifs is 1. The molecule has 2 amide bonds. The normalized spacial score (nSPS) is 13.8. The fourth-order valence-corrected chi connectivity index (χ4v) is 2.62. The number of halogens is 1. The lowest BCUT2D eigenvalue weighted by atomic mass is 9.99. The fraction of sp³-hybridized carbons (Fsp3) is 0.133. The van der Waals surface area contributed by atoms with Crippen molar-refractivity contribution >= 4 is 29.2 Å². The van der Waals surface area contributed by atoms with Gasteiger partial charge in [-0.25, -0.2) is 9.88 Å². The van der Waals surface area contributed by atoms with E-state index in [0.717, 1.165) is 16.0 Å². The van der Waals surface area contributed by atoms with Crippen molar-refractivity contribution in [2.75, 3.05) is 4.90 Å². The maximum atomic E-state index is 12.5. The Hall–Kier alpha value is -2.20. The molecule has 4 nitrogen and oxygen atoms in total. The molecule has 0 bridgehead atoms. The van der Waals surface area contributed by atoms with Crippen molar-refractivity contribution in [3.63, 3.8) is 0 Å². The molecule has 0 atom stereocenters. The minimum Gasteiger partial charge on any atom is -0.268 e. The molecule has 20 heavy (non-hydrogen) atoms. The van der Waals surface area contributed by atoms with E-state index in [4.69, 9.17) is 11.6 Å². The highest BCUT2D eigenvalue weighted by Crippen LogP contribution is 2.34. The van der Waals surface area contributed by atoms with Crippen LogP contribution < -0.4 is 4.90 Å². The van der Waals surface area contributed by atoms with Gasteiger partial charge in [-0.3, -0.25) is 9.59 Å². The van der Waals surface area contributed by atoms with Crippen LogP contribution in [0.15, 0.2) is 30.5 Å². The van der Waals surface area contributed by atoms with Gasteiger partial charge >= 0.3 is 0 Å². The van der Waals surface area contributed by atoms with Gasteiger partial charge in [-0.05, 0) is 37.1 Å². The largest absolute Gasteiger partial charge is 0.268 e. The first-order valence-corrected chi connectivity index (χ1v) is 6.49. The van der Waals surface area contributed by atoms with Gasteiger partial charge in [0.25, 0.3) is 11.8 Å². The van der Waals surface area contributed by atoms with Crippen LogP contribution in [0.25, 0.3) is 0 Å². The topological polar surface area (TPSA) is 50.3 Å². The van der Waals surface area contributed by atoms with Gasteiger partial charge in [-0.15, -0.1) is 0 Å². The molecule has 0 N–H and O–H groups in total. The summed E-state index contributed by atoms with van der Waals surface area (Å²) in [5.74, 6) is -0.558. The Balaban J connectivity index is 2.23. The van der Waals surface area contributed by atoms with Gasteiger partial charge in [0.15, 0.2) is 5.82 Å². The number of amides is 2. The Morgan fingerprint density at radius 1 is 1.00 bits per heavy atom. The van der Waals surface area contributed by atoms with E-state index in [1.54, 1.807) is 12.1 Å². The molecule has 1 aromatic heterocycles. The zero-order valence-corrected chi connectivity index (χ0v) is 11.7. The third kappa shape index (κ3) is 1.65. The van der Waals surface area contributed by atoms with Crippen LogP contribution in [0.1, 0.15) is 31.8 Å². The summed E-state index contributed by atoms with van der Waals surface area (Å²) in [5, 5.41) is 0.275. The second-order valence-electron chi connectivity index (χ2n) is 4.70. The van der Waals surface area contributed by atoms with Crippen LogP contribution in [0.3, 0.4) is 0 Å². The average Bonchev–Trinajstić information content (AvgIpc) is 2.68. The van der Waals surface area contributed by atoms with Crippen LogP contribution in [-0.2, 0) is 0 Å². The SMILES string of the molecule is Cc1ccc(C)c2c1C(=O)N(c1ncccc1Cl)C2=O. The van der Waals surface area contributed by atoms with Crippen LogP contribution in [0.5, 0.6) is 0 Å². The summed E-state index contributed by atoms with van der Waals surface area (Å²) in [6.07, 6.45) is 1.50. The van der Waals surface area contributed by atoms with Crippen molar-refractivity contribution in [2.45, 2.75) is 13.8 Å². The van der Waals surface area contributed by atoms with Crippen LogP contribution >= 0.6 is 11.6 Å². The number of pyridine rings is 1. The monoisotopic (exact) mass is 286 g/mol. The molecule has 5 heteroatoms. The fourth-order valence-electron chi connectivity index (χ4n) is 2.41. The summed E-state index contributed by atoms with van der Waals surface area (Å²) >= 11 is 6.05. The summed E-state index contributed by atoms with van der Waals surface area (Å²) in [7, 11) is 0. The summed E-state index contributed by atoms with van der Waals surface area (Å²) in [6, 6.07) is 6.93. The minimum absolute atomic E-state index is 0.180. The number of carbonyl (C=O) groups excluding carboxylic acids is 2. The van der Waals surface area contributed by atoms with Crippen molar-refractivity contribution in [3.05, 3.63) is 57.7 Å². The molecule has 0 fully saturated rings. The second kappa shape index (κ2) is 4.42. The van der Waals surface area contributed by atoms with Gasteiger partial charge in [0.05, 0.1) is 16.1 Å². The highest BCUT2D eigenvalue weighted by atomic mass is 35.5. The zero-order valence-electron chi connectivity index (χ0n) is 11.0. The van der Waals surface area contributed by atoms with Crippen molar-refractivity contribution in [1.29, 1.82) is 0 Å². The Bertz CT molecular complexity index is 715. The molecule has 1 aromatic carbocycles. The van der Waals surface area contributed by atoms with Gasteiger partial charge in [-0.2, -0.15) is 0 Å². The number of nitrogens with zero attached hydrogens (tertiary/aromatic N) is 2. The van der Waals surface area contributed by atoms with Crippen molar-refractivity contribution in [3.8, 4) is 0 Å². The molecule has 1 aliphatic rings. The molecule has 100 valence electrons. The lowest BCUT2D eigenvalue weighted by molar-refractivity contribution is 0.0925. The highest BCUT2D eigenvalue weighted by Gasteiger charge is 2.40. The van der Waals surface area contributed by atoms with Crippen LogP contribution in [0, 0.1) is 13.8 Å². The van der Waals surface area contributed by atoms with E-state index in [9.17, 15) is 9.59 Å². The Kier molecular flexibility index (Phi) is 2.83. The molecule has 2 heterocycles. The second-order valence-corrected chi connectivity index (χ2v) is 5.11. The lowest BCUT2D eigenvalue weighted by Crippen LogP contribution is -2.30. The number of rotatable bonds is 1. The van der Waals surface area contributed by atoms with Crippen LogP contribution in [0.4, 0.5) is 5.82 Å². The van der Waals surface area contributed by atoms with E-state index in [-0.39, 0.29) is 22.7 Å². The van der Waals surface area contributed by atoms with Crippen molar-refractivity contribution in [1.82, 2.24) is 4.98 Å². The van der Waals surface area contributed by atoms with Crippen LogP contribution in [-0.4, -0.2) is 16.8 Å². The summed E-state index contributed by atoms with van der Waals surface area (Å²) in [6.45, 7) is 3.62. The van der Waals surface area contributed by atoms with E-state index in [0.29, 0.717) is 11.1 Å². The molecule has 0 radical (unpaired) electrons. The molecule has 0 spiro atoms. The van der Waals surface area contributed by atoms with E-state index < -0.39 is 0 Å². The van der Waals surface area contributed by atoms with Crippen LogP contribution in [0.2, 0.25) is 5.02 Å². The first kappa shape index (κ1) is 12.8. The minimum atomic E-state index is -0.369. The van der Waals surface area contributed by atoms with Gasteiger partial charge in [-0.1, -0.05) is 23.7 Å². The first-order chi connectivity index (χ1) is 9.52. The third-order valence-electron chi connectivity index (χ3n) is 3.41. The first-order valence-electron chi connectivity index (χ1n) is 6.12. The predicted octanol–water partition coefficient (Wildman–Crippen LogP) is 3.15. The maximum Gasteiger partial charge on any atom is 0.267 e. The molecular formula is C15H11ClN2O2. The predicted molar refractivity (Wildman–Crippen MR) is 76.3 cm³/mol. The molecule has 0 saturated carbocycles. The van der Waals surface area contributed by atoms with Crippen molar-refractivity contribution < 1.29 is 9.59 Å². The van der Waals surface area contributed by atoms with Gasteiger partial charge in [0.2, 0.25) is 0 Å². The highest BCUT2D eigenvalue weighted by molar-refractivity contribution is 6.39. The molecule has 0 saturated heterocycles. The smallest absolute Gasteiger partial charge is 0.267 e. The summed E-state index contributed by atoms with van der Waals surface area (Å²) < 4.78 is 0. The standard InChI is InChI=1S/C15H11ClN2O2/c1-8-5-6-9(2)12-11(8)14(19)18(15(12)20)13-10(16)4-3-7-17-13/h3-7H,1-2H3. The number of carbonyl (C=O) groups is 2. The quantitative estimate of drug-likeness (QED) is 0.757. The van der Waals surface area contributed by atoms with Gasteiger partial charge in [0.1, 0.15) is 0 Å². The maximum absolute atomic E-state index is 12.5. The third-order valence-corrected chi connectivity index (χ3v) is 3.70. The Morgan fingerprint density at radius 3 is 2.05 bits per heavy atom. The number of aryl methyl sites for hydroxylation is 2. The number of aromatic nitrogens is 1. The molecule has 1 aliphatic heterocycles. The molecule has 0 unspecified atom stereocenters. The molecule has 3 rings (SSSR count). The van der Waals surface area contributed by atoms with E-state index in [1.807, 2.05) is 26.0 Å². The number of benzene rings is 1. The summed E-state index contributed by atoms with van der Waals surface area (Å²) in [5.41, 5.74) is 2.44. The van der Waals surface area contributed by atoms with Gasteiger partial charge in [0, 0.05) is 6.20 Å². The average molecular weight is 287 g/mol. The molecule has 0 aliphatic carbocycles. The number of hydrogen-bond donors (Lipinski definition) is 0. The lowest BCUT2D eigenvalue weighted by Gasteiger charge is -2.13. The number of hydrogen-bond acceptors (Lipinski definition) is 3. The molecule has 2 aromatic rings. The van der Waals surface area contributed by atoms with Gasteiger partial charge < -0.3 is 0 Å². The van der Waals surface area contributed by atoms with Crippen molar-refractivity contribution in [2.24, 2.45) is 0 Å². The molecular weight excluding hydrogens is 276 g/mol. The van der Waals surface area contributed by atoms with E-state index in [1.165, 1.54) is 6.20 Å². The van der Waals surface area contributed by atoms with E-state index in [2.05, 4.69) is 4.98 Å². The van der Waals surface area contributed by atoms with E-state index >= 15 is 0 Å². The number of imide groups is 1. The zero-order chi connectivity index (χ0) is 14.4. The summed E-state index contributed by atoms with van der Waals surface area (Å²) in [4.78, 5) is 30.2. The Morgan fingerprint density at radius 2 is 1.55 bits per heavy atom.